The quantitative estimate of drug-likeness (QED) is 0.120. The van der Waals surface area contributed by atoms with E-state index in [4.69, 9.17) is 22.4 Å². The predicted octanol–water partition coefficient (Wildman–Crippen LogP) is 11.0. The minimum absolute atomic E-state index is 0.151. The molecule has 0 aromatic heterocycles. The summed E-state index contributed by atoms with van der Waals surface area (Å²) in [4.78, 5) is 0. The second-order valence-electron chi connectivity index (χ2n) is 11.3. The van der Waals surface area contributed by atoms with Gasteiger partial charge in [-0.05, 0) is 83.9 Å². The Morgan fingerprint density at radius 2 is 0.640 bits per heavy atom. The van der Waals surface area contributed by atoms with E-state index in [0.29, 0.717) is 0 Å². The molecule has 50 heavy (non-hydrogen) atoms. The summed E-state index contributed by atoms with van der Waals surface area (Å²) in [6.45, 7) is 4.23. The molecule has 6 rings (SSSR count). The van der Waals surface area contributed by atoms with E-state index >= 15 is 0 Å². The molecule has 11 heteroatoms. The maximum Gasteiger partial charge on any atom is 0.598 e. The number of para-hydroxylation sites is 4. The van der Waals surface area contributed by atoms with E-state index < -0.39 is 15.6 Å². The van der Waals surface area contributed by atoms with Gasteiger partial charge >= 0.3 is 15.6 Å². The van der Waals surface area contributed by atoms with Crippen molar-refractivity contribution in [3.63, 3.8) is 0 Å². The number of hydrogen-bond donors (Lipinski definition) is 2. The third-order valence-electron chi connectivity index (χ3n) is 7.22. The fourth-order valence-corrected chi connectivity index (χ4v) is 7.70. The number of phenolic OH excluding ortho intramolecular Hbond substituents is 2. The fraction of sp³-hybridized carbons (Fsp3) is 0.0769. The highest BCUT2D eigenvalue weighted by Gasteiger charge is 2.46. The molecule has 2 N–H and O–H groups in total. The minimum atomic E-state index is -4.57. The van der Waals surface area contributed by atoms with Gasteiger partial charge in [0.2, 0.25) is 0 Å². The van der Waals surface area contributed by atoms with Crippen molar-refractivity contribution in [3.8, 4) is 34.5 Å². The zero-order valence-electron chi connectivity index (χ0n) is 27.3. The maximum absolute atomic E-state index is 13.7. The summed E-state index contributed by atoms with van der Waals surface area (Å²) >= 11 is 0. The lowest BCUT2D eigenvalue weighted by Crippen LogP contribution is -2.18. The molecule has 0 unspecified atom stereocenters. The van der Waals surface area contributed by atoms with Gasteiger partial charge in [0.15, 0.2) is 0 Å². The molecule has 0 fully saturated rings. The Labute approximate surface area is 291 Å². The summed E-state index contributed by atoms with van der Waals surface area (Å²) < 4.78 is 55.2. The van der Waals surface area contributed by atoms with Crippen LogP contribution in [0, 0.1) is 0 Å². The normalized spacial score (nSPS) is 11.4. The lowest BCUT2D eigenvalue weighted by atomic mass is 9.78. The van der Waals surface area contributed by atoms with Crippen LogP contribution in [0.5, 0.6) is 34.5 Å². The molecule has 0 saturated carbocycles. The summed E-state index contributed by atoms with van der Waals surface area (Å²) in [6, 6.07) is 47.4. The Kier molecular flexibility index (Phi) is 11.7. The number of phenols is 2. The third kappa shape index (κ3) is 10.3. The molecule has 0 radical (unpaired) electrons. The monoisotopic (exact) mass is 710 g/mol. The van der Waals surface area contributed by atoms with Crippen LogP contribution < -0.4 is 18.1 Å². The van der Waals surface area contributed by atoms with E-state index in [-0.39, 0.29) is 39.9 Å². The Balaban J connectivity index is 0.000000240. The first kappa shape index (κ1) is 35.8. The van der Waals surface area contributed by atoms with Crippen LogP contribution in [0.15, 0.2) is 170 Å². The summed E-state index contributed by atoms with van der Waals surface area (Å²) in [7, 11) is -9.14. The molecule has 0 spiro atoms. The highest BCUT2D eigenvalue weighted by molar-refractivity contribution is 7.63. The number of benzene rings is 6. The predicted molar refractivity (Wildman–Crippen MR) is 193 cm³/mol. The van der Waals surface area contributed by atoms with Crippen molar-refractivity contribution in [1.82, 2.24) is 0 Å². The average Bonchev–Trinajstić information content (AvgIpc) is 3.10. The molecule has 6 aromatic rings. The molecule has 0 aliphatic carbocycles. The van der Waals surface area contributed by atoms with Gasteiger partial charge in [-0.15, -0.1) is 4.31 Å². The first-order valence-corrected chi connectivity index (χ1v) is 18.4. The van der Waals surface area contributed by atoms with Gasteiger partial charge in [-0.2, -0.15) is 0 Å². The SMILES string of the molecule is CC(C)(c1ccc(O)cc1)c1ccc(O)cc1.O=P(Oc1ccccc1)(Oc1ccccc1)OP(=O)(Oc1ccccc1)Oc1ccccc1. The first-order valence-electron chi connectivity index (χ1n) is 15.5. The van der Waals surface area contributed by atoms with Crippen molar-refractivity contribution in [2.75, 3.05) is 0 Å². The van der Waals surface area contributed by atoms with Gasteiger partial charge in [-0.3, -0.25) is 0 Å². The summed E-state index contributed by atoms with van der Waals surface area (Å²) in [5.74, 6) is 1.28. The minimum Gasteiger partial charge on any atom is -0.508 e. The molecule has 9 nitrogen and oxygen atoms in total. The van der Waals surface area contributed by atoms with Crippen molar-refractivity contribution in [2.45, 2.75) is 19.3 Å². The number of phosphoric ester groups is 2. The second kappa shape index (κ2) is 16.3. The van der Waals surface area contributed by atoms with Crippen molar-refractivity contribution in [3.05, 3.63) is 181 Å². The Morgan fingerprint density at radius 1 is 0.400 bits per heavy atom. The zero-order chi connectivity index (χ0) is 35.5. The van der Waals surface area contributed by atoms with E-state index in [1.54, 1.807) is 146 Å². The molecule has 0 bridgehead atoms. The van der Waals surface area contributed by atoms with Gasteiger partial charge in [-0.1, -0.05) is 111 Å². The summed E-state index contributed by atoms with van der Waals surface area (Å²) in [6.07, 6.45) is 0. The van der Waals surface area contributed by atoms with Crippen LogP contribution in [0.4, 0.5) is 0 Å². The van der Waals surface area contributed by atoms with Crippen LogP contribution in [-0.4, -0.2) is 10.2 Å². The Morgan fingerprint density at radius 3 is 0.880 bits per heavy atom. The van der Waals surface area contributed by atoms with Crippen molar-refractivity contribution < 1.29 is 41.7 Å². The second-order valence-corrected chi connectivity index (χ2v) is 14.5. The highest BCUT2D eigenvalue weighted by atomic mass is 31.3. The molecule has 0 amide bonds. The van der Waals surface area contributed by atoms with Crippen molar-refractivity contribution in [2.24, 2.45) is 0 Å². The van der Waals surface area contributed by atoms with E-state index in [0.717, 1.165) is 11.1 Å². The van der Waals surface area contributed by atoms with Crippen LogP contribution >= 0.6 is 15.6 Å². The largest absolute Gasteiger partial charge is 0.598 e. The molecule has 0 aliphatic rings. The lowest BCUT2D eigenvalue weighted by molar-refractivity contribution is 0.243. The summed E-state index contributed by atoms with van der Waals surface area (Å²) in [5, 5.41) is 18.6. The van der Waals surface area contributed by atoms with Gasteiger partial charge in [0.1, 0.15) is 34.5 Å². The highest BCUT2D eigenvalue weighted by Crippen LogP contribution is 2.64. The van der Waals surface area contributed by atoms with Gasteiger partial charge in [-0.25, -0.2) is 9.13 Å². The van der Waals surface area contributed by atoms with Crippen LogP contribution in [0.3, 0.4) is 0 Å². The number of hydrogen-bond acceptors (Lipinski definition) is 9. The van der Waals surface area contributed by atoms with E-state index in [1.807, 2.05) is 24.3 Å². The molecular formula is C39H36O9P2. The van der Waals surface area contributed by atoms with Crippen molar-refractivity contribution >= 4 is 15.6 Å². The molecule has 0 atom stereocenters. The zero-order valence-corrected chi connectivity index (χ0v) is 29.1. The third-order valence-corrected chi connectivity index (χ3v) is 10.6. The van der Waals surface area contributed by atoms with E-state index in [2.05, 4.69) is 13.8 Å². The molecule has 0 saturated heterocycles. The topological polar surface area (TPSA) is 121 Å². The van der Waals surface area contributed by atoms with Crippen LogP contribution in [-0.2, 0) is 18.9 Å². The van der Waals surface area contributed by atoms with Crippen LogP contribution in [0.25, 0.3) is 0 Å². The van der Waals surface area contributed by atoms with Crippen LogP contribution in [0.2, 0.25) is 0 Å². The molecule has 256 valence electrons. The Hall–Kier alpha value is -5.46. The van der Waals surface area contributed by atoms with E-state index in [9.17, 15) is 19.3 Å². The summed E-state index contributed by atoms with van der Waals surface area (Å²) in [5.41, 5.74) is 2.10. The van der Waals surface area contributed by atoms with Gasteiger partial charge in [0, 0.05) is 5.41 Å². The maximum atomic E-state index is 13.7. The van der Waals surface area contributed by atoms with Crippen LogP contribution in [0.1, 0.15) is 25.0 Å². The smallest absolute Gasteiger partial charge is 0.508 e. The fourth-order valence-electron chi connectivity index (χ4n) is 4.59. The van der Waals surface area contributed by atoms with Gasteiger partial charge < -0.3 is 28.3 Å². The van der Waals surface area contributed by atoms with E-state index in [1.165, 1.54) is 0 Å². The number of phosphoric acid groups is 2. The Bertz CT molecular complexity index is 1770. The molecular weight excluding hydrogens is 674 g/mol. The first-order chi connectivity index (χ1) is 24.0. The standard InChI is InChI=1S/C24H20O7P2.C15H16O2/c25-32(27-21-13-5-1-6-14-21,28-22-15-7-2-8-16-22)31-33(26,29-23-17-9-3-10-18-23)30-24-19-11-4-12-20-24;1-15(2,11-3-7-13(16)8-4-11)12-5-9-14(17)10-6-12/h1-20H;3-10,16-17H,1-2H3. The van der Waals surface area contributed by atoms with Gasteiger partial charge in [0.05, 0.1) is 0 Å². The number of rotatable bonds is 12. The molecule has 6 aromatic carbocycles. The van der Waals surface area contributed by atoms with Gasteiger partial charge in [0.25, 0.3) is 0 Å². The molecule has 0 heterocycles. The lowest BCUT2D eigenvalue weighted by Gasteiger charge is -2.26. The number of aromatic hydroxyl groups is 2. The molecule has 0 aliphatic heterocycles. The average molecular weight is 711 g/mol. The van der Waals surface area contributed by atoms with Crippen molar-refractivity contribution in [1.29, 1.82) is 0 Å².